The van der Waals surface area contributed by atoms with Crippen LogP contribution in [-0.4, -0.2) is 25.7 Å². The zero-order valence-corrected chi connectivity index (χ0v) is 11.6. The lowest BCUT2D eigenvalue weighted by atomic mass is 10.3. The highest BCUT2D eigenvalue weighted by molar-refractivity contribution is 5.90. The number of para-hydroxylation sites is 1. The van der Waals surface area contributed by atoms with Gasteiger partial charge in [0.25, 0.3) is 0 Å². The van der Waals surface area contributed by atoms with Crippen LogP contribution >= 0.6 is 0 Å². The maximum absolute atomic E-state index is 11.8. The molecule has 1 amide bonds. The van der Waals surface area contributed by atoms with Gasteiger partial charge in [-0.1, -0.05) is 18.2 Å². The van der Waals surface area contributed by atoms with Crippen molar-refractivity contribution in [2.24, 2.45) is 0 Å². The zero-order valence-electron chi connectivity index (χ0n) is 11.6. The van der Waals surface area contributed by atoms with E-state index in [-0.39, 0.29) is 18.5 Å². The molecule has 0 fully saturated rings. The van der Waals surface area contributed by atoms with Gasteiger partial charge in [-0.15, -0.1) is 0 Å². The number of benzene rings is 1. The fourth-order valence-corrected chi connectivity index (χ4v) is 1.77. The fourth-order valence-electron chi connectivity index (χ4n) is 1.77. The van der Waals surface area contributed by atoms with Crippen LogP contribution in [0.2, 0.25) is 0 Å². The second-order valence-corrected chi connectivity index (χ2v) is 4.42. The van der Waals surface area contributed by atoms with Crippen molar-refractivity contribution in [1.29, 1.82) is 0 Å². The number of carbonyl (C=O) groups is 1. The molecule has 0 aliphatic carbocycles. The Labute approximate surface area is 126 Å². The first-order valence-corrected chi connectivity index (χ1v) is 6.62. The number of carbonyl (C=O) groups excluding carboxylic acids is 1. The second-order valence-electron chi connectivity index (χ2n) is 4.42. The van der Waals surface area contributed by atoms with Gasteiger partial charge in [-0.05, 0) is 18.2 Å². The Balaban J connectivity index is 1.58. The van der Waals surface area contributed by atoms with E-state index >= 15 is 0 Å². The summed E-state index contributed by atoms with van der Waals surface area (Å²) in [5.74, 6) is 0.446. The molecule has 1 N–H and O–H groups in total. The molecule has 0 saturated carbocycles. The van der Waals surface area contributed by atoms with Crippen LogP contribution in [0.5, 0.6) is 11.8 Å². The van der Waals surface area contributed by atoms with Gasteiger partial charge in [0, 0.05) is 12.4 Å². The molecule has 1 aromatic carbocycles. The topological polar surface area (TPSA) is 81.9 Å². The monoisotopic (exact) mass is 295 g/mol. The van der Waals surface area contributed by atoms with E-state index in [0.29, 0.717) is 11.4 Å². The van der Waals surface area contributed by atoms with Crippen molar-refractivity contribution in [3.63, 3.8) is 0 Å². The normalized spacial score (nSPS) is 10.2. The van der Waals surface area contributed by atoms with Crippen LogP contribution in [0.1, 0.15) is 0 Å². The summed E-state index contributed by atoms with van der Waals surface area (Å²) in [6.07, 6.45) is 6.32. The highest BCUT2D eigenvalue weighted by atomic mass is 16.5. The lowest BCUT2D eigenvalue weighted by molar-refractivity contribution is -0.116. The molecule has 110 valence electrons. The van der Waals surface area contributed by atoms with Crippen LogP contribution in [0.4, 0.5) is 5.69 Å². The van der Waals surface area contributed by atoms with Crippen molar-refractivity contribution in [2.75, 3.05) is 5.32 Å². The minimum absolute atomic E-state index is 0.134. The van der Waals surface area contributed by atoms with Gasteiger partial charge < -0.3 is 10.1 Å². The molecule has 3 rings (SSSR count). The average molecular weight is 295 g/mol. The number of amides is 1. The summed E-state index contributed by atoms with van der Waals surface area (Å²) in [5.41, 5.74) is 0.498. The highest BCUT2D eigenvalue weighted by Gasteiger charge is 2.05. The molecule has 7 nitrogen and oxygen atoms in total. The van der Waals surface area contributed by atoms with E-state index in [4.69, 9.17) is 4.74 Å². The third-order valence-electron chi connectivity index (χ3n) is 2.73. The van der Waals surface area contributed by atoms with E-state index in [1.54, 1.807) is 18.5 Å². The van der Waals surface area contributed by atoms with E-state index in [0.717, 1.165) is 0 Å². The largest absolute Gasteiger partial charge is 0.424 e. The first-order valence-electron chi connectivity index (χ1n) is 6.62. The number of nitrogens with one attached hydrogen (secondary N) is 1. The van der Waals surface area contributed by atoms with Crippen LogP contribution in [0, 0.1) is 0 Å². The van der Waals surface area contributed by atoms with E-state index in [2.05, 4.69) is 20.4 Å². The highest BCUT2D eigenvalue weighted by Crippen LogP contribution is 2.17. The van der Waals surface area contributed by atoms with Crippen molar-refractivity contribution in [2.45, 2.75) is 6.54 Å². The van der Waals surface area contributed by atoms with E-state index < -0.39 is 0 Å². The first kappa shape index (κ1) is 13.7. The van der Waals surface area contributed by atoms with Crippen LogP contribution in [0.3, 0.4) is 0 Å². The van der Waals surface area contributed by atoms with Crippen molar-refractivity contribution in [3.8, 4) is 11.8 Å². The molecule has 2 heterocycles. The van der Waals surface area contributed by atoms with Gasteiger partial charge in [0.05, 0.1) is 18.1 Å². The number of nitrogens with zero attached hydrogens (tertiary/aromatic N) is 4. The predicted molar refractivity (Wildman–Crippen MR) is 79.4 cm³/mol. The summed E-state index contributed by atoms with van der Waals surface area (Å²) in [7, 11) is 0. The molecule has 22 heavy (non-hydrogen) atoms. The molecule has 0 unspecified atom stereocenters. The van der Waals surface area contributed by atoms with E-state index in [9.17, 15) is 4.79 Å². The number of hydrogen-bond donors (Lipinski definition) is 1. The molecule has 7 heteroatoms. The summed E-state index contributed by atoms with van der Waals surface area (Å²) < 4.78 is 7.01. The minimum Gasteiger partial charge on any atom is -0.424 e. The van der Waals surface area contributed by atoms with Crippen LogP contribution in [0.25, 0.3) is 0 Å². The first-order chi connectivity index (χ1) is 10.8. The summed E-state index contributed by atoms with van der Waals surface area (Å²) >= 11 is 0. The van der Waals surface area contributed by atoms with Crippen molar-refractivity contribution < 1.29 is 9.53 Å². The molecule has 0 aliphatic heterocycles. The molecule has 0 spiro atoms. The van der Waals surface area contributed by atoms with Gasteiger partial charge in [-0.2, -0.15) is 5.10 Å². The third-order valence-corrected chi connectivity index (χ3v) is 2.73. The molecule has 0 bridgehead atoms. The van der Waals surface area contributed by atoms with Crippen LogP contribution in [0.15, 0.2) is 61.2 Å². The summed E-state index contributed by atoms with van der Waals surface area (Å²) in [5, 5.41) is 6.65. The Hall–Kier alpha value is -3.22. The summed E-state index contributed by atoms with van der Waals surface area (Å²) in [4.78, 5) is 19.9. The fraction of sp³-hybridized carbons (Fsp3) is 0.0667. The maximum atomic E-state index is 11.8. The van der Waals surface area contributed by atoms with Gasteiger partial charge in [0.1, 0.15) is 12.3 Å². The van der Waals surface area contributed by atoms with Gasteiger partial charge in [-0.3, -0.25) is 9.48 Å². The molecule has 0 atom stereocenters. The van der Waals surface area contributed by atoms with Gasteiger partial charge in [0.15, 0.2) is 0 Å². The van der Waals surface area contributed by atoms with Crippen molar-refractivity contribution >= 4 is 11.6 Å². The molecule has 0 saturated heterocycles. The number of hydrogen-bond acceptors (Lipinski definition) is 5. The van der Waals surface area contributed by atoms with Crippen LogP contribution < -0.4 is 10.1 Å². The number of ether oxygens (including phenoxy) is 1. The van der Waals surface area contributed by atoms with Gasteiger partial charge in [0.2, 0.25) is 5.91 Å². The number of aromatic nitrogens is 4. The third kappa shape index (κ3) is 3.66. The summed E-state index contributed by atoms with van der Waals surface area (Å²) in [6, 6.07) is 11.2. The molecular formula is C15H13N5O2. The van der Waals surface area contributed by atoms with Crippen LogP contribution in [-0.2, 0) is 11.3 Å². The zero-order chi connectivity index (χ0) is 15.2. The Morgan fingerprint density at radius 1 is 1.14 bits per heavy atom. The second kappa shape index (κ2) is 6.49. The maximum Gasteiger partial charge on any atom is 0.322 e. The van der Waals surface area contributed by atoms with Gasteiger partial charge >= 0.3 is 6.01 Å². The van der Waals surface area contributed by atoms with Gasteiger partial charge in [-0.25, -0.2) is 9.97 Å². The minimum atomic E-state index is -0.205. The molecule has 2 aromatic heterocycles. The Morgan fingerprint density at radius 3 is 2.59 bits per heavy atom. The quantitative estimate of drug-likeness (QED) is 0.779. The molecule has 3 aromatic rings. The molecule has 0 aliphatic rings. The molecular weight excluding hydrogens is 282 g/mol. The lowest BCUT2D eigenvalue weighted by Gasteiger charge is -2.06. The summed E-state index contributed by atoms with van der Waals surface area (Å²) in [6.45, 7) is 0.134. The number of rotatable bonds is 5. The predicted octanol–water partition coefficient (Wildman–Crippen LogP) is 2.10. The smallest absolute Gasteiger partial charge is 0.322 e. The lowest BCUT2D eigenvalue weighted by Crippen LogP contribution is -2.19. The Morgan fingerprint density at radius 2 is 1.91 bits per heavy atom. The van der Waals surface area contributed by atoms with Crippen molar-refractivity contribution in [3.05, 3.63) is 61.2 Å². The average Bonchev–Trinajstić information content (AvgIpc) is 3.03. The molecule has 0 radical (unpaired) electrons. The van der Waals surface area contributed by atoms with E-state index in [1.807, 2.05) is 30.3 Å². The SMILES string of the molecule is O=C(Cn1cccn1)Nc1cnc(Oc2ccccc2)nc1. The Bertz CT molecular complexity index is 726. The number of anilines is 1. The standard InChI is InChI=1S/C15H13N5O2/c21-14(11-20-8-4-7-18-20)19-12-9-16-15(17-10-12)22-13-5-2-1-3-6-13/h1-10H,11H2,(H,19,21). The van der Waals surface area contributed by atoms with E-state index in [1.165, 1.54) is 17.1 Å². The van der Waals surface area contributed by atoms with Crippen molar-refractivity contribution in [1.82, 2.24) is 19.7 Å². The Kier molecular flexibility index (Phi) is 4.05.